The molecule has 4 nitrogen and oxygen atoms in total. The molecule has 2 aromatic rings. The van der Waals surface area contributed by atoms with Gasteiger partial charge in [0, 0.05) is 11.6 Å². The molecule has 1 unspecified atom stereocenters. The second-order valence-corrected chi connectivity index (χ2v) is 6.04. The molecule has 3 N–H and O–H groups in total. The van der Waals surface area contributed by atoms with Gasteiger partial charge < -0.3 is 15.6 Å². The Morgan fingerprint density at radius 2 is 1.75 bits per heavy atom. The lowest BCUT2D eigenvalue weighted by molar-refractivity contribution is -0.137. The molecule has 0 aliphatic heterocycles. The summed E-state index contributed by atoms with van der Waals surface area (Å²) in [5.74, 6) is -0.742. The predicted octanol–water partition coefficient (Wildman–Crippen LogP) is 3.90. The topological polar surface area (TPSA) is 72.5 Å². The molecule has 2 aromatic carbocycles. The number of carboxylic acids is 1. The zero-order chi connectivity index (χ0) is 18.0. The number of methoxy groups -OCH3 is 1. The quantitative estimate of drug-likeness (QED) is 0.871. The van der Waals surface area contributed by atoms with Gasteiger partial charge >= 0.3 is 5.97 Å². The van der Waals surface area contributed by atoms with Gasteiger partial charge in [0.2, 0.25) is 0 Å². The second-order valence-electron chi connectivity index (χ2n) is 6.04. The molecule has 0 saturated heterocycles. The maximum atomic E-state index is 14.4. The maximum absolute atomic E-state index is 14.4. The van der Waals surface area contributed by atoms with E-state index >= 15 is 0 Å². The van der Waals surface area contributed by atoms with Crippen LogP contribution in [0.3, 0.4) is 0 Å². The van der Waals surface area contributed by atoms with Gasteiger partial charge in [-0.3, -0.25) is 4.79 Å². The highest BCUT2D eigenvalue weighted by Gasteiger charge is 2.19. The summed E-state index contributed by atoms with van der Waals surface area (Å²) in [5, 5.41) is 8.92. The van der Waals surface area contributed by atoms with E-state index in [2.05, 4.69) is 0 Å². The van der Waals surface area contributed by atoms with E-state index in [-0.39, 0.29) is 12.0 Å². The number of carbonyl (C=O) groups is 1. The summed E-state index contributed by atoms with van der Waals surface area (Å²) in [6.07, 6.45) is -0.319. The van der Waals surface area contributed by atoms with Gasteiger partial charge in [0.1, 0.15) is 11.6 Å². The summed E-state index contributed by atoms with van der Waals surface area (Å²) in [5.41, 5.74) is 10.3. The van der Waals surface area contributed by atoms with Crippen LogP contribution in [0.5, 0.6) is 5.75 Å². The molecule has 1 atom stereocenters. The molecule has 0 aliphatic rings. The van der Waals surface area contributed by atoms with Gasteiger partial charge in [0.05, 0.1) is 13.5 Å². The fourth-order valence-corrected chi connectivity index (χ4v) is 3.01. The van der Waals surface area contributed by atoms with Crippen molar-refractivity contribution in [2.45, 2.75) is 33.2 Å². The number of aliphatic carboxylic acids is 1. The number of benzene rings is 2. The number of rotatable bonds is 5. The van der Waals surface area contributed by atoms with E-state index < -0.39 is 17.8 Å². The first kappa shape index (κ1) is 17.9. The summed E-state index contributed by atoms with van der Waals surface area (Å²) in [7, 11) is 1.61. The monoisotopic (exact) mass is 331 g/mol. The molecule has 0 spiro atoms. The van der Waals surface area contributed by atoms with Crippen molar-refractivity contribution < 1.29 is 19.0 Å². The molecule has 0 saturated carbocycles. The SMILES string of the molecule is COc1cc(C)c(-c2cc(C)c(F)c(C(N)CC(=O)O)c2)c(C)c1. The third kappa shape index (κ3) is 3.57. The van der Waals surface area contributed by atoms with Gasteiger partial charge in [-0.2, -0.15) is 0 Å². The number of aryl methyl sites for hydroxylation is 3. The lowest BCUT2D eigenvalue weighted by atomic mass is 9.90. The second kappa shape index (κ2) is 7.01. The Labute approximate surface area is 141 Å². The number of ether oxygens (including phenoxy) is 1. The summed E-state index contributed by atoms with van der Waals surface area (Å²) in [4.78, 5) is 10.9. The fraction of sp³-hybridized carbons (Fsp3) is 0.316. The number of nitrogens with two attached hydrogens (primary N) is 1. The molecule has 0 fully saturated rings. The average molecular weight is 331 g/mol. The van der Waals surface area contributed by atoms with Crippen LogP contribution in [0.4, 0.5) is 4.39 Å². The molecule has 24 heavy (non-hydrogen) atoms. The lowest BCUT2D eigenvalue weighted by Crippen LogP contribution is -2.17. The molecule has 0 amide bonds. The van der Waals surface area contributed by atoms with E-state index in [1.54, 1.807) is 26.2 Å². The van der Waals surface area contributed by atoms with E-state index in [1.165, 1.54) is 0 Å². The fourth-order valence-electron chi connectivity index (χ4n) is 3.01. The molecule has 0 aliphatic carbocycles. The summed E-state index contributed by atoms with van der Waals surface area (Å²) < 4.78 is 19.7. The third-order valence-electron chi connectivity index (χ3n) is 4.11. The Morgan fingerprint density at radius 3 is 2.25 bits per heavy atom. The largest absolute Gasteiger partial charge is 0.497 e. The van der Waals surface area contributed by atoms with Crippen molar-refractivity contribution in [3.8, 4) is 16.9 Å². The third-order valence-corrected chi connectivity index (χ3v) is 4.11. The average Bonchev–Trinajstić information content (AvgIpc) is 2.48. The maximum Gasteiger partial charge on any atom is 0.305 e. The van der Waals surface area contributed by atoms with Crippen LogP contribution >= 0.6 is 0 Å². The Kier molecular flexibility index (Phi) is 5.24. The van der Waals surface area contributed by atoms with Crippen molar-refractivity contribution in [1.82, 2.24) is 0 Å². The number of carboxylic acid groups (broad SMARTS) is 1. The number of halogens is 1. The van der Waals surface area contributed by atoms with Gasteiger partial charge in [-0.05, 0) is 72.9 Å². The van der Waals surface area contributed by atoms with Crippen molar-refractivity contribution in [2.24, 2.45) is 5.73 Å². The van der Waals surface area contributed by atoms with Crippen LogP contribution in [0.2, 0.25) is 0 Å². The number of hydrogen-bond donors (Lipinski definition) is 2. The molecule has 0 heterocycles. The van der Waals surface area contributed by atoms with Gasteiger partial charge in [-0.25, -0.2) is 4.39 Å². The Balaban J connectivity index is 2.61. The highest BCUT2D eigenvalue weighted by molar-refractivity contribution is 5.74. The van der Waals surface area contributed by atoms with E-state index in [0.29, 0.717) is 5.56 Å². The highest BCUT2D eigenvalue weighted by atomic mass is 19.1. The minimum Gasteiger partial charge on any atom is -0.497 e. The van der Waals surface area contributed by atoms with Crippen molar-refractivity contribution in [2.75, 3.05) is 7.11 Å². The normalized spacial score (nSPS) is 12.1. The van der Waals surface area contributed by atoms with Gasteiger partial charge in [-0.15, -0.1) is 0 Å². The van der Waals surface area contributed by atoms with Crippen LogP contribution in [0.1, 0.15) is 34.7 Å². The predicted molar refractivity (Wildman–Crippen MR) is 91.8 cm³/mol. The minimum absolute atomic E-state index is 0.224. The zero-order valence-corrected chi connectivity index (χ0v) is 14.3. The standard InChI is InChI=1S/C19H22FNO3/c1-10-6-14(24-4)7-11(2)18(10)13-5-12(3)19(20)15(8-13)16(21)9-17(22)23/h5-8,16H,9,21H2,1-4H3,(H,22,23). The zero-order valence-electron chi connectivity index (χ0n) is 14.3. The lowest BCUT2D eigenvalue weighted by Gasteiger charge is -2.17. The molecule has 0 aromatic heterocycles. The number of hydrogen-bond acceptors (Lipinski definition) is 3. The van der Waals surface area contributed by atoms with Gasteiger partial charge in [-0.1, -0.05) is 0 Å². The Morgan fingerprint density at radius 1 is 1.17 bits per heavy atom. The van der Waals surface area contributed by atoms with Crippen LogP contribution in [0.25, 0.3) is 11.1 Å². The van der Waals surface area contributed by atoms with E-state index in [4.69, 9.17) is 15.6 Å². The summed E-state index contributed by atoms with van der Waals surface area (Å²) >= 11 is 0. The van der Waals surface area contributed by atoms with E-state index in [1.807, 2.05) is 26.0 Å². The van der Waals surface area contributed by atoms with Crippen LogP contribution < -0.4 is 10.5 Å². The minimum atomic E-state index is -1.05. The molecule has 2 rings (SSSR count). The van der Waals surface area contributed by atoms with Crippen LogP contribution in [0.15, 0.2) is 24.3 Å². The molecular weight excluding hydrogens is 309 g/mol. The van der Waals surface area contributed by atoms with Crippen molar-refractivity contribution in [3.63, 3.8) is 0 Å². The molecular formula is C19H22FNO3. The van der Waals surface area contributed by atoms with Crippen LogP contribution in [0, 0.1) is 26.6 Å². The Bertz CT molecular complexity index is 763. The first-order valence-corrected chi connectivity index (χ1v) is 7.67. The van der Waals surface area contributed by atoms with Crippen LogP contribution in [-0.2, 0) is 4.79 Å². The highest BCUT2D eigenvalue weighted by Crippen LogP contribution is 2.34. The molecule has 128 valence electrons. The van der Waals surface area contributed by atoms with Crippen molar-refractivity contribution in [1.29, 1.82) is 0 Å². The Hall–Kier alpha value is -2.40. The van der Waals surface area contributed by atoms with Gasteiger partial charge in [0.15, 0.2) is 0 Å². The van der Waals surface area contributed by atoms with Gasteiger partial charge in [0.25, 0.3) is 0 Å². The smallest absolute Gasteiger partial charge is 0.305 e. The first-order valence-electron chi connectivity index (χ1n) is 7.67. The van der Waals surface area contributed by atoms with E-state index in [0.717, 1.165) is 28.0 Å². The molecule has 5 heteroatoms. The van der Waals surface area contributed by atoms with E-state index in [9.17, 15) is 9.18 Å². The summed E-state index contributed by atoms with van der Waals surface area (Å²) in [6, 6.07) is 6.35. The first-order chi connectivity index (χ1) is 11.2. The van der Waals surface area contributed by atoms with Crippen molar-refractivity contribution in [3.05, 3.63) is 52.3 Å². The summed E-state index contributed by atoms with van der Waals surface area (Å²) in [6.45, 7) is 5.57. The molecule has 0 bridgehead atoms. The molecule has 0 radical (unpaired) electrons. The van der Waals surface area contributed by atoms with Crippen LogP contribution in [-0.4, -0.2) is 18.2 Å². The van der Waals surface area contributed by atoms with Crippen molar-refractivity contribution >= 4 is 5.97 Å².